The Labute approximate surface area is 116 Å². The van der Waals surface area contributed by atoms with Gasteiger partial charge in [0.2, 0.25) is 11.8 Å². The van der Waals surface area contributed by atoms with Crippen molar-refractivity contribution in [2.45, 2.75) is 19.8 Å². The number of hydrogen-bond donors (Lipinski definition) is 1. The number of aliphatic hydroxyl groups is 1. The highest BCUT2D eigenvalue weighted by Crippen LogP contribution is 2.27. The zero-order valence-corrected chi connectivity index (χ0v) is 11.0. The third-order valence-electron chi connectivity index (χ3n) is 3.05. The molecule has 1 aliphatic rings. The second-order valence-corrected chi connectivity index (χ2v) is 4.76. The summed E-state index contributed by atoms with van der Waals surface area (Å²) in [4.78, 5) is 24.7. The molecule has 20 heavy (non-hydrogen) atoms. The third-order valence-corrected chi connectivity index (χ3v) is 3.05. The molecule has 0 atom stereocenters. The first kappa shape index (κ1) is 14.2. The van der Waals surface area contributed by atoms with Crippen LogP contribution in [0.25, 0.3) is 0 Å². The van der Waals surface area contributed by atoms with E-state index in [4.69, 9.17) is 5.11 Å². The number of anilines is 1. The summed E-state index contributed by atoms with van der Waals surface area (Å²) in [5.41, 5.74) is 0.340. The van der Waals surface area contributed by atoms with Crippen molar-refractivity contribution >= 4 is 17.5 Å². The second-order valence-electron chi connectivity index (χ2n) is 4.76. The van der Waals surface area contributed by atoms with Crippen LogP contribution in [0.15, 0.2) is 18.2 Å². The van der Waals surface area contributed by atoms with Crippen LogP contribution in [0.4, 0.5) is 10.1 Å². The maximum atomic E-state index is 14.0. The van der Waals surface area contributed by atoms with E-state index < -0.39 is 5.82 Å². The average molecular weight is 275 g/mol. The van der Waals surface area contributed by atoms with Gasteiger partial charge in [-0.15, -0.1) is 0 Å². The van der Waals surface area contributed by atoms with Crippen LogP contribution in [0.5, 0.6) is 0 Å². The lowest BCUT2D eigenvalue weighted by atomic mass is 9.97. The number of benzene rings is 1. The van der Waals surface area contributed by atoms with E-state index in [2.05, 4.69) is 11.8 Å². The molecule has 1 N–H and O–H groups in total. The highest BCUT2D eigenvalue weighted by Gasteiger charge is 2.32. The lowest BCUT2D eigenvalue weighted by Gasteiger charge is -2.28. The number of amides is 2. The Morgan fingerprint density at radius 1 is 1.35 bits per heavy atom. The van der Waals surface area contributed by atoms with Crippen molar-refractivity contribution in [1.82, 2.24) is 0 Å². The van der Waals surface area contributed by atoms with E-state index in [9.17, 15) is 14.0 Å². The Hall–Kier alpha value is -2.19. The first-order valence-corrected chi connectivity index (χ1v) is 6.28. The molecule has 0 aromatic heterocycles. The second kappa shape index (κ2) is 5.85. The third kappa shape index (κ3) is 2.86. The van der Waals surface area contributed by atoms with Gasteiger partial charge in [0.05, 0.1) is 5.69 Å². The fourth-order valence-corrected chi connectivity index (χ4v) is 2.17. The van der Waals surface area contributed by atoms with E-state index >= 15 is 0 Å². The van der Waals surface area contributed by atoms with Gasteiger partial charge in [-0.2, -0.15) is 0 Å². The van der Waals surface area contributed by atoms with E-state index in [1.807, 2.05) is 6.92 Å². The topological polar surface area (TPSA) is 57.6 Å². The van der Waals surface area contributed by atoms with Crippen molar-refractivity contribution in [3.8, 4) is 11.8 Å². The minimum Gasteiger partial charge on any atom is -0.384 e. The highest BCUT2D eigenvalue weighted by atomic mass is 19.1. The van der Waals surface area contributed by atoms with Crippen LogP contribution in [0.2, 0.25) is 0 Å². The lowest BCUT2D eigenvalue weighted by Crippen LogP contribution is -2.43. The van der Waals surface area contributed by atoms with Crippen LogP contribution >= 0.6 is 0 Å². The molecule has 1 fully saturated rings. The smallest absolute Gasteiger partial charge is 0.234 e. The summed E-state index contributed by atoms with van der Waals surface area (Å²) >= 11 is 0. The number of carbonyl (C=O) groups excluding carboxylic acids is 2. The summed E-state index contributed by atoms with van der Waals surface area (Å²) in [5, 5.41) is 8.58. The van der Waals surface area contributed by atoms with Crippen LogP contribution in [-0.2, 0) is 9.59 Å². The SMILES string of the molecule is CC1CC(=O)N(c2ccc(C#CCO)cc2F)C(=O)C1. The average Bonchev–Trinajstić information content (AvgIpc) is 2.37. The molecule has 0 bridgehead atoms. The number of halogens is 1. The molecule has 1 aromatic carbocycles. The Kier molecular flexibility index (Phi) is 4.16. The number of carbonyl (C=O) groups is 2. The molecule has 2 amide bonds. The summed E-state index contributed by atoms with van der Waals surface area (Å²) in [7, 11) is 0. The van der Waals surface area contributed by atoms with Crippen LogP contribution in [0, 0.1) is 23.6 Å². The minimum atomic E-state index is -0.675. The highest BCUT2D eigenvalue weighted by molar-refractivity contribution is 6.16. The van der Waals surface area contributed by atoms with Gasteiger partial charge in [0.25, 0.3) is 0 Å². The van der Waals surface area contributed by atoms with E-state index in [1.165, 1.54) is 12.1 Å². The monoisotopic (exact) mass is 275 g/mol. The van der Waals surface area contributed by atoms with Gasteiger partial charge in [0.15, 0.2) is 0 Å². The van der Waals surface area contributed by atoms with Crippen molar-refractivity contribution in [1.29, 1.82) is 0 Å². The zero-order valence-electron chi connectivity index (χ0n) is 11.0. The molecule has 1 saturated heterocycles. The molecule has 4 nitrogen and oxygen atoms in total. The normalized spacial score (nSPS) is 16.1. The molecule has 1 heterocycles. The number of rotatable bonds is 1. The number of nitrogens with zero attached hydrogens (tertiary/aromatic N) is 1. The lowest BCUT2D eigenvalue weighted by molar-refractivity contribution is -0.130. The minimum absolute atomic E-state index is 0.0102. The maximum absolute atomic E-state index is 14.0. The Morgan fingerprint density at radius 2 is 2.00 bits per heavy atom. The van der Waals surface area contributed by atoms with Gasteiger partial charge in [-0.1, -0.05) is 18.8 Å². The van der Waals surface area contributed by atoms with Crippen molar-refractivity contribution < 1.29 is 19.1 Å². The number of aliphatic hydroxyl groups excluding tert-OH is 1. The van der Waals surface area contributed by atoms with Crippen LogP contribution in [0.1, 0.15) is 25.3 Å². The van der Waals surface area contributed by atoms with Gasteiger partial charge in [-0.05, 0) is 24.1 Å². The van der Waals surface area contributed by atoms with Gasteiger partial charge < -0.3 is 5.11 Å². The van der Waals surface area contributed by atoms with Gasteiger partial charge in [0.1, 0.15) is 12.4 Å². The van der Waals surface area contributed by atoms with Crippen LogP contribution in [0.3, 0.4) is 0 Å². The predicted octanol–water partition coefficient (Wildman–Crippen LogP) is 1.46. The Balaban J connectivity index is 2.33. The summed E-state index contributed by atoms with van der Waals surface area (Å²) in [6, 6.07) is 4.03. The fourth-order valence-electron chi connectivity index (χ4n) is 2.17. The molecule has 0 spiro atoms. The molecule has 0 aliphatic carbocycles. The van der Waals surface area contributed by atoms with Gasteiger partial charge in [-0.25, -0.2) is 9.29 Å². The molecule has 1 aliphatic heterocycles. The van der Waals surface area contributed by atoms with E-state index in [0.29, 0.717) is 5.56 Å². The summed E-state index contributed by atoms with van der Waals surface area (Å²) in [6.45, 7) is 1.50. The van der Waals surface area contributed by atoms with Crippen molar-refractivity contribution in [3.63, 3.8) is 0 Å². The number of imide groups is 1. The summed E-state index contributed by atoms with van der Waals surface area (Å²) in [5.74, 6) is 3.51. The largest absolute Gasteiger partial charge is 0.384 e. The molecule has 0 radical (unpaired) electrons. The first-order valence-electron chi connectivity index (χ1n) is 6.28. The van der Waals surface area contributed by atoms with Crippen molar-refractivity contribution in [2.24, 2.45) is 5.92 Å². The van der Waals surface area contributed by atoms with Gasteiger partial charge >= 0.3 is 0 Å². The van der Waals surface area contributed by atoms with Crippen molar-refractivity contribution in [3.05, 3.63) is 29.6 Å². The molecule has 0 unspecified atom stereocenters. The summed E-state index contributed by atoms with van der Waals surface area (Å²) in [6.07, 6.45) is 0.467. The molecular formula is C15H14FNO3. The molecule has 5 heteroatoms. The Morgan fingerprint density at radius 3 is 2.55 bits per heavy atom. The van der Waals surface area contributed by atoms with Gasteiger partial charge in [-0.3, -0.25) is 9.59 Å². The quantitative estimate of drug-likeness (QED) is 0.623. The Bertz CT molecular complexity index is 597. The van der Waals surface area contributed by atoms with Crippen molar-refractivity contribution in [2.75, 3.05) is 11.5 Å². The number of piperidine rings is 1. The van der Waals surface area contributed by atoms with Crippen LogP contribution < -0.4 is 4.90 Å². The first-order chi connectivity index (χ1) is 9.52. The number of hydrogen-bond acceptors (Lipinski definition) is 3. The van der Waals surface area contributed by atoms with E-state index in [1.54, 1.807) is 0 Å². The summed E-state index contributed by atoms with van der Waals surface area (Å²) < 4.78 is 14.0. The van der Waals surface area contributed by atoms with E-state index in [-0.39, 0.29) is 42.9 Å². The molecule has 1 aromatic rings. The molecule has 2 rings (SSSR count). The standard InChI is InChI=1S/C15H14FNO3/c1-10-7-14(19)17(15(20)8-10)13-5-4-11(3-2-6-18)9-12(13)16/h4-5,9-10,18H,6-8H2,1H3. The fraction of sp³-hybridized carbons (Fsp3) is 0.333. The van der Waals surface area contributed by atoms with E-state index in [0.717, 1.165) is 11.0 Å². The zero-order chi connectivity index (χ0) is 14.7. The predicted molar refractivity (Wildman–Crippen MR) is 71.3 cm³/mol. The van der Waals surface area contributed by atoms with Gasteiger partial charge in [0, 0.05) is 18.4 Å². The molecule has 104 valence electrons. The van der Waals surface area contributed by atoms with Crippen LogP contribution in [-0.4, -0.2) is 23.5 Å². The molecular weight excluding hydrogens is 261 g/mol. The maximum Gasteiger partial charge on any atom is 0.234 e. The molecule has 0 saturated carbocycles.